The van der Waals surface area contributed by atoms with E-state index in [4.69, 9.17) is 11.5 Å². The minimum absolute atomic E-state index is 0.0866. The third kappa shape index (κ3) is 11.1. The van der Waals surface area contributed by atoms with Crippen molar-refractivity contribution in [3.8, 4) is 0 Å². The van der Waals surface area contributed by atoms with Crippen LogP contribution >= 0.6 is 11.8 Å². The molecule has 1 aromatic carbocycles. The lowest BCUT2D eigenvalue weighted by molar-refractivity contribution is -0.145. The predicted molar refractivity (Wildman–Crippen MR) is 135 cm³/mol. The van der Waals surface area contributed by atoms with Crippen LogP contribution in [0.2, 0.25) is 0 Å². The first-order valence-corrected chi connectivity index (χ1v) is 12.7. The Hall–Kier alpha value is -3.16. The van der Waals surface area contributed by atoms with Crippen molar-refractivity contribution < 1.29 is 34.2 Å². The quantitative estimate of drug-likeness (QED) is 0.133. The lowest BCUT2D eigenvalue weighted by atomic mass is 10.0. The number of nitrogens with one attached hydrogen (secondary N) is 3. The molecule has 0 radical (unpaired) electrons. The van der Waals surface area contributed by atoms with Crippen LogP contribution in [0.25, 0.3) is 0 Å². The van der Waals surface area contributed by atoms with E-state index < -0.39 is 59.9 Å². The molecule has 5 atom stereocenters. The molecule has 0 heterocycles. The maximum Gasteiger partial charge on any atom is 0.328 e. The summed E-state index contributed by atoms with van der Waals surface area (Å²) in [7, 11) is 0. The molecular weight excluding hydrogens is 490 g/mol. The number of nitrogens with two attached hydrogens (primary N) is 2. The van der Waals surface area contributed by atoms with Crippen molar-refractivity contribution >= 4 is 41.4 Å². The molecule has 0 saturated heterocycles. The van der Waals surface area contributed by atoms with Crippen molar-refractivity contribution in [3.63, 3.8) is 0 Å². The molecule has 200 valence electrons. The van der Waals surface area contributed by atoms with Crippen LogP contribution in [-0.2, 0) is 30.4 Å². The van der Waals surface area contributed by atoms with Gasteiger partial charge in [-0.1, -0.05) is 30.3 Å². The number of primary amides is 1. The Morgan fingerprint density at radius 3 is 2.06 bits per heavy atom. The number of carboxylic acids is 1. The smallest absolute Gasteiger partial charge is 0.328 e. The van der Waals surface area contributed by atoms with E-state index in [1.54, 1.807) is 30.3 Å². The normalized spacial score (nSPS) is 15.0. The Morgan fingerprint density at radius 2 is 1.53 bits per heavy atom. The molecule has 0 fully saturated rings. The average molecular weight is 526 g/mol. The van der Waals surface area contributed by atoms with Crippen LogP contribution in [0.1, 0.15) is 31.7 Å². The van der Waals surface area contributed by atoms with E-state index in [-0.39, 0.29) is 19.3 Å². The Balaban J connectivity index is 3.11. The second kappa shape index (κ2) is 15.8. The van der Waals surface area contributed by atoms with Gasteiger partial charge >= 0.3 is 5.97 Å². The zero-order valence-corrected chi connectivity index (χ0v) is 21.1. The molecule has 1 rings (SSSR count). The second-order valence-electron chi connectivity index (χ2n) is 8.27. The van der Waals surface area contributed by atoms with Crippen LogP contribution in [0.5, 0.6) is 0 Å². The van der Waals surface area contributed by atoms with Crippen LogP contribution in [-0.4, -0.2) is 82.1 Å². The largest absolute Gasteiger partial charge is 0.480 e. The topological polar surface area (TPSA) is 214 Å². The summed E-state index contributed by atoms with van der Waals surface area (Å²) >= 11 is 1.52. The van der Waals surface area contributed by atoms with E-state index in [0.717, 1.165) is 5.56 Å². The molecule has 0 aliphatic rings. The summed E-state index contributed by atoms with van der Waals surface area (Å²) in [4.78, 5) is 61.3. The molecular formula is C23H35N5O7S. The maximum atomic E-state index is 13.2. The third-order valence-electron chi connectivity index (χ3n) is 5.24. The minimum Gasteiger partial charge on any atom is -0.480 e. The van der Waals surface area contributed by atoms with Crippen LogP contribution in [0.3, 0.4) is 0 Å². The van der Waals surface area contributed by atoms with Gasteiger partial charge in [0.25, 0.3) is 0 Å². The number of aliphatic hydroxyl groups excluding tert-OH is 1. The molecule has 9 N–H and O–H groups in total. The van der Waals surface area contributed by atoms with Gasteiger partial charge in [-0.2, -0.15) is 11.8 Å². The number of carbonyl (C=O) groups is 5. The average Bonchev–Trinajstić information content (AvgIpc) is 2.82. The molecule has 1 aromatic rings. The Kier molecular flexibility index (Phi) is 13.5. The Labute approximate surface area is 213 Å². The van der Waals surface area contributed by atoms with Gasteiger partial charge in [0.1, 0.15) is 12.1 Å². The van der Waals surface area contributed by atoms with Crippen molar-refractivity contribution in [1.29, 1.82) is 0 Å². The first kappa shape index (κ1) is 30.9. The number of amides is 4. The number of carbonyl (C=O) groups excluding carboxylic acids is 4. The van der Waals surface area contributed by atoms with Crippen molar-refractivity contribution in [2.75, 3.05) is 12.0 Å². The standard InChI is InChI=1S/C23H35N5O7S/c1-13(29)19(23(34)35)28-21(32)16(8-9-18(25)30)26-22(33)17(12-14-6-4-3-5-7-14)27-20(31)15(24)10-11-36-2/h3-7,13,15-17,19,29H,8-12,24H2,1-2H3,(H2,25,30)(H,26,33)(H,27,31)(H,28,32)(H,34,35). The summed E-state index contributed by atoms with van der Waals surface area (Å²) in [5, 5.41) is 26.1. The lowest BCUT2D eigenvalue weighted by Crippen LogP contribution is -2.58. The minimum atomic E-state index is -1.64. The summed E-state index contributed by atoms with van der Waals surface area (Å²) in [5.74, 6) is -3.78. The summed E-state index contributed by atoms with van der Waals surface area (Å²) in [6, 6.07) is 3.89. The summed E-state index contributed by atoms with van der Waals surface area (Å²) in [5.41, 5.74) is 11.8. The molecule has 0 spiro atoms. The predicted octanol–water partition coefficient (Wildman–Crippen LogP) is -1.51. The highest BCUT2D eigenvalue weighted by Gasteiger charge is 2.32. The van der Waals surface area contributed by atoms with Gasteiger partial charge in [0, 0.05) is 12.8 Å². The van der Waals surface area contributed by atoms with Gasteiger partial charge in [0.2, 0.25) is 23.6 Å². The summed E-state index contributed by atoms with van der Waals surface area (Å²) in [6.45, 7) is 1.18. The number of carboxylic acid groups (broad SMARTS) is 1. The number of rotatable bonds is 16. The maximum absolute atomic E-state index is 13.2. The van der Waals surface area contributed by atoms with Crippen LogP contribution < -0.4 is 27.4 Å². The van der Waals surface area contributed by atoms with Crippen LogP contribution in [0, 0.1) is 0 Å². The summed E-state index contributed by atoms with van der Waals surface area (Å²) in [6.07, 6.45) is 0.431. The number of thioether (sulfide) groups is 1. The van der Waals surface area contributed by atoms with Gasteiger partial charge < -0.3 is 37.6 Å². The zero-order valence-electron chi connectivity index (χ0n) is 20.3. The highest BCUT2D eigenvalue weighted by atomic mass is 32.2. The molecule has 12 nitrogen and oxygen atoms in total. The highest BCUT2D eigenvalue weighted by molar-refractivity contribution is 7.98. The van der Waals surface area contributed by atoms with E-state index in [0.29, 0.717) is 12.2 Å². The number of aliphatic hydroxyl groups is 1. The molecule has 0 saturated carbocycles. The molecule has 0 bridgehead atoms. The van der Waals surface area contributed by atoms with Gasteiger partial charge in [-0.3, -0.25) is 19.2 Å². The van der Waals surface area contributed by atoms with Crippen LogP contribution in [0.4, 0.5) is 0 Å². The number of hydrogen-bond donors (Lipinski definition) is 7. The zero-order chi connectivity index (χ0) is 27.3. The Morgan fingerprint density at radius 1 is 0.944 bits per heavy atom. The Bertz CT molecular complexity index is 900. The molecule has 13 heteroatoms. The van der Waals surface area contributed by atoms with Gasteiger partial charge in [-0.05, 0) is 37.3 Å². The second-order valence-corrected chi connectivity index (χ2v) is 9.26. The molecule has 5 unspecified atom stereocenters. The monoisotopic (exact) mass is 525 g/mol. The lowest BCUT2D eigenvalue weighted by Gasteiger charge is -2.25. The number of benzene rings is 1. The SMILES string of the molecule is CSCCC(N)C(=O)NC(Cc1ccccc1)C(=O)NC(CCC(N)=O)C(=O)NC(C(=O)O)C(C)O. The fraction of sp³-hybridized carbons (Fsp3) is 0.522. The molecule has 0 aliphatic carbocycles. The van der Waals surface area contributed by atoms with Gasteiger partial charge in [0.05, 0.1) is 12.1 Å². The van der Waals surface area contributed by atoms with E-state index in [1.165, 1.54) is 18.7 Å². The first-order chi connectivity index (χ1) is 17.0. The molecule has 4 amide bonds. The van der Waals surface area contributed by atoms with Crippen molar-refractivity contribution in [3.05, 3.63) is 35.9 Å². The van der Waals surface area contributed by atoms with Gasteiger partial charge in [-0.15, -0.1) is 0 Å². The molecule has 0 aliphatic heterocycles. The van der Waals surface area contributed by atoms with Gasteiger partial charge in [-0.25, -0.2) is 4.79 Å². The molecule has 0 aromatic heterocycles. The van der Waals surface area contributed by atoms with E-state index in [2.05, 4.69) is 16.0 Å². The number of hydrogen-bond acceptors (Lipinski definition) is 8. The van der Waals surface area contributed by atoms with Gasteiger partial charge in [0.15, 0.2) is 6.04 Å². The van der Waals surface area contributed by atoms with Crippen molar-refractivity contribution in [1.82, 2.24) is 16.0 Å². The van der Waals surface area contributed by atoms with Crippen molar-refractivity contribution in [2.24, 2.45) is 11.5 Å². The fourth-order valence-electron chi connectivity index (χ4n) is 3.18. The molecule has 36 heavy (non-hydrogen) atoms. The number of aliphatic carboxylic acids is 1. The third-order valence-corrected chi connectivity index (χ3v) is 5.89. The van der Waals surface area contributed by atoms with Crippen LogP contribution in [0.15, 0.2) is 30.3 Å². The fourth-order valence-corrected chi connectivity index (χ4v) is 3.67. The highest BCUT2D eigenvalue weighted by Crippen LogP contribution is 2.07. The summed E-state index contributed by atoms with van der Waals surface area (Å²) < 4.78 is 0. The van der Waals surface area contributed by atoms with E-state index >= 15 is 0 Å². The van der Waals surface area contributed by atoms with E-state index in [9.17, 15) is 34.2 Å². The van der Waals surface area contributed by atoms with E-state index in [1.807, 2.05) is 6.26 Å². The van der Waals surface area contributed by atoms with Crippen molar-refractivity contribution in [2.45, 2.75) is 62.9 Å². The first-order valence-electron chi connectivity index (χ1n) is 11.3.